The van der Waals surface area contributed by atoms with Crippen molar-refractivity contribution in [3.63, 3.8) is 0 Å². The van der Waals surface area contributed by atoms with Crippen LogP contribution in [0.2, 0.25) is 0 Å². The number of carbonyl (C=O) groups is 1. The van der Waals surface area contributed by atoms with Gasteiger partial charge in [-0.15, -0.1) is 0 Å². The van der Waals surface area contributed by atoms with Crippen molar-refractivity contribution in [3.05, 3.63) is 55.6 Å². The first kappa shape index (κ1) is 16.8. The number of methoxy groups -OCH3 is 1. The highest BCUT2D eigenvalue weighted by Crippen LogP contribution is 2.22. The Morgan fingerprint density at radius 3 is 2.82 bits per heavy atom. The van der Waals surface area contributed by atoms with Gasteiger partial charge in [0.2, 0.25) is 0 Å². The molecule has 0 radical (unpaired) electrons. The van der Waals surface area contributed by atoms with E-state index in [4.69, 9.17) is 4.74 Å². The molecule has 0 fully saturated rings. The fourth-order valence-corrected chi connectivity index (χ4v) is 2.78. The van der Waals surface area contributed by atoms with Gasteiger partial charge in [0.1, 0.15) is 11.5 Å². The van der Waals surface area contributed by atoms with Crippen molar-refractivity contribution < 1.29 is 14.6 Å². The van der Waals surface area contributed by atoms with Crippen molar-refractivity contribution in [2.24, 2.45) is 5.10 Å². The number of ether oxygens (including phenoxy) is 1. The monoisotopic (exact) mass is 474 g/mol. The maximum atomic E-state index is 12.0. The third kappa shape index (κ3) is 4.20. The third-order valence-electron chi connectivity index (χ3n) is 2.77. The maximum absolute atomic E-state index is 12.0. The number of hydrazone groups is 1. The van der Waals surface area contributed by atoms with Crippen molar-refractivity contribution in [3.8, 4) is 11.5 Å². The van der Waals surface area contributed by atoms with Crippen molar-refractivity contribution in [2.75, 3.05) is 7.11 Å². The Morgan fingerprint density at radius 2 is 2.14 bits per heavy atom. The summed E-state index contributed by atoms with van der Waals surface area (Å²) in [6, 6.07) is 10.0. The first-order valence-corrected chi connectivity index (χ1v) is 8.04. The molecule has 0 bridgehead atoms. The fraction of sp³-hybridized carbons (Fsp3) is 0.0667. The summed E-state index contributed by atoms with van der Waals surface area (Å²) in [5.41, 5.74) is 3.39. The van der Waals surface area contributed by atoms with Crippen LogP contribution in [0, 0.1) is 3.57 Å². The van der Waals surface area contributed by atoms with Crippen LogP contribution in [0.15, 0.2) is 46.0 Å². The molecule has 1 amide bonds. The van der Waals surface area contributed by atoms with E-state index in [1.54, 1.807) is 43.5 Å². The molecule has 0 aliphatic heterocycles. The molecule has 0 unspecified atom stereocenters. The highest BCUT2D eigenvalue weighted by atomic mass is 127. The molecule has 0 heterocycles. The van der Waals surface area contributed by atoms with Crippen LogP contribution in [0.4, 0.5) is 0 Å². The number of aromatic hydroxyl groups is 1. The molecule has 2 aromatic rings. The predicted molar refractivity (Wildman–Crippen MR) is 96.6 cm³/mol. The Kier molecular flexibility index (Phi) is 5.78. The number of rotatable bonds is 4. The number of amides is 1. The second-order valence-corrected chi connectivity index (χ2v) is 6.33. The molecule has 114 valence electrons. The number of nitrogens with zero attached hydrogens (tertiary/aromatic N) is 1. The number of nitrogens with one attached hydrogen (secondary N) is 1. The van der Waals surface area contributed by atoms with Crippen LogP contribution in [-0.2, 0) is 0 Å². The van der Waals surface area contributed by atoms with E-state index in [-0.39, 0.29) is 11.7 Å². The van der Waals surface area contributed by atoms with Gasteiger partial charge in [-0.2, -0.15) is 5.10 Å². The van der Waals surface area contributed by atoms with Gasteiger partial charge in [0.15, 0.2) is 0 Å². The first-order chi connectivity index (χ1) is 10.5. The van der Waals surface area contributed by atoms with E-state index in [9.17, 15) is 9.90 Å². The van der Waals surface area contributed by atoms with Gasteiger partial charge in [0, 0.05) is 15.6 Å². The molecule has 0 spiro atoms. The number of hydrogen-bond donors (Lipinski definition) is 2. The average Bonchev–Trinajstić information content (AvgIpc) is 2.50. The molecule has 22 heavy (non-hydrogen) atoms. The third-order valence-corrected chi connectivity index (χ3v) is 4.11. The maximum Gasteiger partial charge on any atom is 0.271 e. The number of halogens is 2. The van der Waals surface area contributed by atoms with Gasteiger partial charge >= 0.3 is 0 Å². The lowest BCUT2D eigenvalue weighted by atomic mass is 10.2. The van der Waals surface area contributed by atoms with E-state index in [0.29, 0.717) is 16.9 Å². The van der Waals surface area contributed by atoms with Crippen LogP contribution in [0.25, 0.3) is 0 Å². The van der Waals surface area contributed by atoms with Crippen molar-refractivity contribution in [1.29, 1.82) is 0 Å². The van der Waals surface area contributed by atoms with E-state index >= 15 is 0 Å². The predicted octanol–water partition coefficient (Wildman–Crippen LogP) is 3.53. The van der Waals surface area contributed by atoms with E-state index in [1.165, 1.54) is 6.21 Å². The number of phenolic OH excluding ortho intramolecular Hbond substituents is 1. The Morgan fingerprint density at radius 1 is 1.36 bits per heavy atom. The zero-order chi connectivity index (χ0) is 16.1. The molecule has 0 aliphatic rings. The van der Waals surface area contributed by atoms with E-state index in [2.05, 4.69) is 49.0 Å². The molecule has 0 aromatic heterocycles. The lowest BCUT2D eigenvalue weighted by molar-refractivity contribution is 0.0955. The number of hydrogen-bond acceptors (Lipinski definition) is 4. The van der Waals surface area contributed by atoms with Gasteiger partial charge in [-0.3, -0.25) is 4.79 Å². The fourth-order valence-electron chi connectivity index (χ4n) is 1.66. The summed E-state index contributed by atoms with van der Waals surface area (Å²) in [6.45, 7) is 0. The molecule has 7 heteroatoms. The van der Waals surface area contributed by atoms with Gasteiger partial charge in [-0.1, -0.05) is 15.9 Å². The van der Waals surface area contributed by atoms with Gasteiger partial charge < -0.3 is 9.84 Å². The zero-order valence-electron chi connectivity index (χ0n) is 11.5. The first-order valence-electron chi connectivity index (χ1n) is 6.16. The molecular formula is C15H12BrIN2O3. The number of benzene rings is 2. The Labute approximate surface area is 149 Å². The average molecular weight is 475 g/mol. The summed E-state index contributed by atoms with van der Waals surface area (Å²) in [6.07, 6.45) is 1.38. The van der Waals surface area contributed by atoms with Gasteiger partial charge in [-0.05, 0) is 59.0 Å². The summed E-state index contributed by atoms with van der Waals surface area (Å²) >= 11 is 5.40. The topological polar surface area (TPSA) is 70.9 Å². The molecule has 0 aliphatic carbocycles. The molecule has 2 N–H and O–H groups in total. The minimum atomic E-state index is -0.341. The summed E-state index contributed by atoms with van der Waals surface area (Å²) in [4.78, 5) is 12.0. The zero-order valence-corrected chi connectivity index (χ0v) is 15.3. The summed E-state index contributed by atoms with van der Waals surface area (Å²) in [5.74, 6) is 0.450. The van der Waals surface area contributed by atoms with Crippen molar-refractivity contribution >= 4 is 50.6 Å². The lowest BCUT2D eigenvalue weighted by Gasteiger charge is -2.05. The van der Waals surface area contributed by atoms with Gasteiger partial charge in [-0.25, -0.2) is 5.43 Å². The van der Waals surface area contributed by atoms with Crippen LogP contribution in [-0.4, -0.2) is 24.3 Å². The van der Waals surface area contributed by atoms with Crippen molar-refractivity contribution in [1.82, 2.24) is 5.43 Å². The molecule has 0 saturated heterocycles. The van der Waals surface area contributed by atoms with E-state index < -0.39 is 0 Å². The normalized spacial score (nSPS) is 10.7. The van der Waals surface area contributed by atoms with Crippen LogP contribution in [0.1, 0.15) is 15.9 Å². The highest BCUT2D eigenvalue weighted by molar-refractivity contribution is 14.1. The van der Waals surface area contributed by atoms with Crippen LogP contribution in [0.3, 0.4) is 0 Å². The van der Waals surface area contributed by atoms with Gasteiger partial charge in [0.25, 0.3) is 5.91 Å². The van der Waals surface area contributed by atoms with Crippen LogP contribution in [0.5, 0.6) is 11.5 Å². The minimum Gasteiger partial charge on any atom is -0.507 e. The largest absolute Gasteiger partial charge is 0.507 e. The van der Waals surface area contributed by atoms with Gasteiger partial charge in [0.05, 0.1) is 16.9 Å². The second-order valence-electron chi connectivity index (χ2n) is 4.25. The Balaban J connectivity index is 2.08. The molecule has 2 aromatic carbocycles. The highest BCUT2D eigenvalue weighted by Gasteiger charge is 2.08. The Bertz CT molecular complexity index is 735. The molecular weight excluding hydrogens is 463 g/mol. The number of phenols is 1. The minimum absolute atomic E-state index is 0.0835. The smallest absolute Gasteiger partial charge is 0.271 e. The van der Waals surface area contributed by atoms with Crippen LogP contribution < -0.4 is 10.2 Å². The summed E-state index contributed by atoms with van der Waals surface area (Å²) in [5, 5.41) is 13.5. The van der Waals surface area contributed by atoms with Crippen molar-refractivity contribution in [2.45, 2.75) is 0 Å². The quantitative estimate of drug-likeness (QED) is 0.404. The molecule has 0 atom stereocenters. The molecule has 2 rings (SSSR count). The van der Waals surface area contributed by atoms with E-state index in [0.717, 1.165) is 8.04 Å². The van der Waals surface area contributed by atoms with Crippen LogP contribution >= 0.6 is 38.5 Å². The summed E-state index contributed by atoms with van der Waals surface area (Å²) in [7, 11) is 1.58. The standard InChI is InChI=1S/C15H12BrIN2O3/c1-22-14-5-2-9(7-12(14)17)15(21)19-18-8-10-6-11(16)3-4-13(10)20/h2-8,20H,1H3,(H,19,21). The second kappa shape index (κ2) is 7.59. The lowest BCUT2D eigenvalue weighted by Crippen LogP contribution is -2.17. The van der Waals surface area contributed by atoms with E-state index in [1.807, 2.05) is 0 Å². The molecule has 5 nitrogen and oxygen atoms in total. The number of carbonyl (C=O) groups excluding carboxylic acids is 1. The SMILES string of the molecule is COc1ccc(C(=O)NN=Cc2cc(Br)ccc2O)cc1I. The molecule has 0 saturated carbocycles. The Hall–Kier alpha value is -1.61. The summed E-state index contributed by atoms with van der Waals surface area (Å²) < 4.78 is 6.78.